The van der Waals surface area contributed by atoms with Crippen LogP contribution in [0.4, 0.5) is 10.5 Å². The molecular formula is C23H33BrN4O3. The van der Waals surface area contributed by atoms with E-state index in [0.29, 0.717) is 31.1 Å². The molecule has 0 aromatic heterocycles. The average molecular weight is 493 g/mol. The van der Waals surface area contributed by atoms with Gasteiger partial charge < -0.3 is 29.5 Å². The minimum Gasteiger partial charge on any atom is -0.497 e. The summed E-state index contributed by atoms with van der Waals surface area (Å²) >= 11 is 3.48. The van der Waals surface area contributed by atoms with E-state index in [2.05, 4.69) is 26.1 Å². The molecule has 0 spiro atoms. The van der Waals surface area contributed by atoms with Crippen LogP contribution in [0, 0.1) is 0 Å². The average Bonchev–Trinajstić information content (AvgIpc) is 2.72. The molecule has 0 heterocycles. The van der Waals surface area contributed by atoms with Crippen LogP contribution in [0.2, 0.25) is 0 Å². The normalized spacial score (nSPS) is 11.0. The Morgan fingerprint density at radius 2 is 1.74 bits per heavy atom. The van der Waals surface area contributed by atoms with E-state index in [1.807, 2.05) is 75.6 Å². The first-order chi connectivity index (χ1) is 14.8. The van der Waals surface area contributed by atoms with E-state index in [1.165, 1.54) is 0 Å². The summed E-state index contributed by atoms with van der Waals surface area (Å²) in [7, 11) is 9.61. The fourth-order valence-corrected chi connectivity index (χ4v) is 3.16. The molecule has 2 amide bonds. The highest BCUT2D eigenvalue weighted by atomic mass is 79.9. The third kappa shape index (κ3) is 8.77. The summed E-state index contributed by atoms with van der Waals surface area (Å²) in [4.78, 5) is 19.1. The summed E-state index contributed by atoms with van der Waals surface area (Å²) in [6.07, 6.45) is 0. The standard InChI is InChI=1S/C23H33BrN4O3/c1-26(2)11-12-28(17-18-7-6-8-20(15-18)30-5)23(29)25-21-10-9-19(24)16-22(21)31-14-13-27(3)4/h6-10,15-16H,11-14,17H2,1-5H3,(H,25,29). The summed E-state index contributed by atoms with van der Waals surface area (Å²) in [6.45, 7) is 3.13. The van der Waals surface area contributed by atoms with Crippen LogP contribution >= 0.6 is 15.9 Å². The number of hydrogen-bond donors (Lipinski definition) is 1. The first-order valence-corrected chi connectivity index (χ1v) is 11.0. The Bertz CT molecular complexity index is 845. The Kier molecular flexibility index (Phi) is 10.1. The van der Waals surface area contributed by atoms with Crippen molar-refractivity contribution >= 4 is 27.6 Å². The van der Waals surface area contributed by atoms with Crippen LogP contribution in [0.25, 0.3) is 0 Å². The molecule has 31 heavy (non-hydrogen) atoms. The van der Waals surface area contributed by atoms with Crippen LogP contribution in [-0.4, -0.2) is 82.3 Å². The molecular weight excluding hydrogens is 460 g/mol. The summed E-state index contributed by atoms with van der Waals surface area (Å²) < 4.78 is 12.1. The molecule has 0 saturated heterocycles. The summed E-state index contributed by atoms with van der Waals surface area (Å²) in [6, 6.07) is 13.2. The zero-order valence-electron chi connectivity index (χ0n) is 19.0. The number of halogens is 1. The summed E-state index contributed by atoms with van der Waals surface area (Å²) in [5, 5.41) is 3.03. The smallest absolute Gasteiger partial charge is 0.322 e. The molecule has 7 nitrogen and oxygen atoms in total. The SMILES string of the molecule is COc1cccc(CN(CCN(C)C)C(=O)Nc2ccc(Br)cc2OCCN(C)C)c1. The van der Waals surface area contributed by atoms with Gasteiger partial charge in [0.15, 0.2) is 0 Å². The number of carbonyl (C=O) groups excluding carboxylic acids is 1. The monoisotopic (exact) mass is 492 g/mol. The Morgan fingerprint density at radius 1 is 1.00 bits per heavy atom. The zero-order chi connectivity index (χ0) is 22.8. The lowest BCUT2D eigenvalue weighted by atomic mass is 10.2. The molecule has 2 aromatic carbocycles. The fourth-order valence-electron chi connectivity index (χ4n) is 2.82. The highest BCUT2D eigenvalue weighted by molar-refractivity contribution is 9.10. The van der Waals surface area contributed by atoms with Gasteiger partial charge in [0.2, 0.25) is 0 Å². The number of amides is 2. The van der Waals surface area contributed by atoms with Gasteiger partial charge in [-0.05, 0) is 64.1 Å². The third-order valence-electron chi connectivity index (χ3n) is 4.59. The van der Waals surface area contributed by atoms with Crippen LogP contribution in [0.3, 0.4) is 0 Å². The number of likely N-dealkylation sites (N-methyl/N-ethyl adjacent to an activating group) is 2. The van der Waals surface area contributed by atoms with Gasteiger partial charge in [-0.2, -0.15) is 0 Å². The van der Waals surface area contributed by atoms with Crippen molar-refractivity contribution in [3.05, 3.63) is 52.5 Å². The lowest BCUT2D eigenvalue weighted by molar-refractivity contribution is 0.202. The van der Waals surface area contributed by atoms with Crippen molar-refractivity contribution in [2.75, 3.05) is 66.9 Å². The third-order valence-corrected chi connectivity index (χ3v) is 5.09. The molecule has 0 unspecified atom stereocenters. The minimum absolute atomic E-state index is 0.176. The van der Waals surface area contributed by atoms with Gasteiger partial charge in [-0.15, -0.1) is 0 Å². The first-order valence-electron chi connectivity index (χ1n) is 10.2. The van der Waals surface area contributed by atoms with E-state index in [4.69, 9.17) is 9.47 Å². The lowest BCUT2D eigenvalue weighted by Crippen LogP contribution is -2.39. The quantitative estimate of drug-likeness (QED) is 0.513. The zero-order valence-corrected chi connectivity index (χ0v) is 20.6. The molecule has 1 N–H and O–H groups in total. The van der Waals surface area contributed by atoms with Crippen molar-refractivity contribution in [3.8, 4) is 11.5 Å². The van der Waals surface area contributed by atoms with Crippen molar-refractivity contribution in [1.29, 1.82) is 0 Å². The van der Waals surface area contributed by atoms with Crippen LogP contribution in [0.5, 0.6) is 11.5 Å². The molecule has 0 aliphatic rings. The van der Waals surface area contributed by atoms with Gasteiger partial charge >= 0.3 is 6.03 Å². The van der Waals surface area contributed by atoms with E-state index in [-0.39, 0.29) is 6.03 Å². The second kappa shape index (κ2) is 12.5. The molecule has 170 valence electrons. The molecule has 0 radical (unpaired) electrons. The lowest BCUT2D eigenvalue weighted by Gasteiger charge is -2.25. The number of ether oxygens (including phenoxy) is 2. The number of benzene rings is 2. The number of urea groups is 1. The first kappa shape index (κ1) is 25.0. The number of anilines is 1. The van der Waals surface area contributed by atoms with E-state index in [1.54, 1.807) is 12.0 Å². The van der Waals surface area contributed by atoms with Crippen LogP contribution in [0.1, 0.15) is 5.56 Å². The number of hydrogen-bond acceptors (Lipinski definition) is 5. The van der Waals surface area contributed by atoms with Gasteiger partial charge in [0.25, 0.3) is 0 Å². The van der Waals surface area contributed by atoms with Crippen molar-refractivity contribution in [1.82, 2.24) is 14.7 Å². The Balaban J connectivity index is 2.16. The molecule has 0 saturated carbocycles. The maximum absolute atomic E-state index is 13.2. The summed E-state index contributed by atoms with van der Waals surface area (Å²) in [5.41, 5.74) is 1.65. The van der Waals surface area contributed by atoms with Gasteiger partial charge in [0, 0.05) is 30.7 Å². The maximum Gasteiger partial charge on any atom is 0.322 e. The number of nitrogens with zero attached hydrogens (tertiary/aromatic N) is 3. The predicted octanol–water partition coefficient (Wildman–Crippen LogP) is 3.99. The molecule has 0 bridgehead atoms. The van der Waals surface area contributed by atoms with E-state index >= 15 is 0 Å². The van der Waals surface area contributed by atoms with Gasteiger partial charge in [-0.3, -0.25) is 0 Å². The van der Waals surface area contributed by atoms with Crippen molar-refractivity contribution in [2.45, 2.75) is 6.54 Å². The molecule has 0 atom stereocenters. The Morgan fingerprint density at radius 3 is 2.42 bits per heavy atom. The second-order valence-electron chi connectivity index (χ2n) is 7.80. The van der Waals surface area contributed by atoms with Gasteiger partial charge in [0.1, 0.15) is 18.1 Å². The highest BCUT2D eigenvalue weighted by Gasteiger charge is 2.17. The van der Waals surface area contributed by atoms with E-state index in [0.717, 1.165) is 28.9 Å². The molecule has 0 aliphatic heterocycles. The van der Waals surface area contributed by atoms with E-state index in [9.17, 15) is 4.79 Å². The Hall–Kier alpha value is -2.29. The number of methoxy groups -OCH3 is 1. The fraction of sp³-hybridized carbons (Fsp3) is 0.435. The second-order valence-corrected chi connectivity index (χ2v) is 8.71. The molecule has 2 aromatic rings. The summed E-state index contributed by atoms with van der Waals surface area (Å²) in [5.74, 6) is 1.41. The van der Waals surface area contributed by atoms with Crippen LogP contribution < -0.4 is 14.8 Å². The van der Waals surface area contributed by atoms with Crippen molar-refractivity contribution in [3.63, 3.8) is 0 Å². The Labute approximate surface area is 194 Å². The minimum atomic E-state index is -0.176. The highest BCUT2D eigenvalue weighted by Crippen LogP contribution is 2.29. The molecule has 2 rings (SSSR count). The van der Waals surface area contributed by atoms with Crippen molar-refractivity contribution < 1.29 is 14.3 Å². The number of rotatable bonds is 11. The molecule has 0 fully saturated rings. The van der Waals surface area contributed by atoms with Crippen LogP contribution in [-0.2, 0) is 6.54 Å². The predicted molar refractivity (Wildman–Crippen MR) is 129 cm³/mol. The number of carbonyl (C=O) groups is 1. The van der Waals surface area contributed by atoms with Crippen molar-refractivity contribution in [2.24, 2.45) is 0 Å². The van der Waals surface area contributed by atoms with Gasteiger partial charge in [0.05, 0.1) is 12.8 Å². The van der Waals surface area contributed by atoms with Gasteiger partial charge in [-0.1, -0.05) is 28.1 Å². The number of nitrogens with one attached hydrogen (secondary N) is 1. The van der Waals surface area contributed by atoms with Gasteiger partial charge in [-0.25, -0.2) is 4.79 Å². The van der Waals surface area contributed by atoms with E-state index < -0.39 is 0 Å². The van der Waals surface area contributed by atoms with Crippen LogP contribution in [0.15, 0.2) is 46.9 Å². The maximum atomic E-state index is 13.2. The molecule has 8 heteroatoms. The topological polar surface area (TPSA) is 57.3 Å². The largest absolute Gasteiger partial charge is 0.497 e. The molecule has 0 aliphatic carbocycles.